The highest BCUT2D eigenvalue weighted by Crippen LogP contribution is 2.51. The summed E-state index contributed by atoms with van der Waals surface area (Å²) < 4.78 is 3.08. The molecule has 0 unspecified atom stereocenters. The van der Waals surface area contributed by atoms with Gasteiger partial charge in [-0.3, -0.25) is 9.36 Å². The molecule has 0 spiro atoms. The molecule has 1 heterocycles. The first kappa shape index (κ1) is 12.7. The summed E-state index contributed by atoms with van der Waals surface area (Å²) in [6.07, 6.45) is 5.45. The topological polar surface area (TPSA) is 64.2 Å². The molecule has 5 heteroatoms. The van der Waals surface area contributed by atoms with Crippen molar-refractivity contribution < 1.29 is 9.90 Å². The summed E-state index contributed by atoms with van der Waals surface area (Å²) in [7, 11) is 1.71. The number of aromatic nitrogens is 2. The molecule has 1 aromatic heterocycles. The van der Waals surface area contributed by atoms with E-state index in [1.165, 1.54) is 4.57 Å². The van der Waals surface area contributed by atoms with Gasteiger partial charge in [0.15, 0.2) is 0 Å². The minimum Gasteiger partial charge on any atom is -0.481 e. The van der Waals surface area contributed by atoms with Gasteiger partial charge in [0.1, 0.15) is 0 Å². The van der Waals surface area contributed by atoms with Crippen LogP contribution in [0.4, 0.5) is 0 Å². The summed E-state index contributed by atoms with van der Waals surface area (Å²) in [6, 6.07) is 7.62. The lowest BCUT2D eigenvalue weighted by Crippen LogP contribution is -2.20. The molecule has 0 bridgehead atoms. The Hall–Kier alpha value is -2.30. The zero-order valence-corrected chi connectivity index (χ0v) is 11.2. The highest BCUT2D eigenvalue weighted by molar-refractivity contribution is 5.70. The Morgan fingerprint density at radius 3 is 2.35 bits per heavy atom. The van der Waals surface area contributed by atoms with Gasteiger partial charge in [0.2, 0.25) is 0 Å². The van der Waals surface area contributed by atoms with Crippen LogP contribution in [0.2, 0.25) is 0 Å². The van der Waals surface area contributed by atoms with Crippen LogP contribution in [0.5, 0.6) is 0 Å². The van der Waals surface area contributed by atoms with Crippen LogP contribution in [0.25, 0.3) is 5.69 Å². The molecule has 0 atom stereocenters. The van der Waals surface area contributed by atoms with Crippen molar-refractivity contribution in [2.75, 3.05) is 0 Å². The molecule has 1 aliphatic rings. The standard InChI is InChI=1S/C15H16N2O3/c1-16-8-9-17(14(16)20)12-4-2-11(3-5-12)15(6-7-15)10-13(18)19/h2-5,8-9H,6-7,10H2,1H3,(H,18,19). The van der Waals surface area contributed by atoms with Gasteiger partial charge >= 0.3 is 11.7 Å². The second kappa shape index (κ2) is 4.37. The van der Waals surface area contributed by atoms with Crippen molar-refractivity contribution in [1.29, 1.82) is 0 Å². The maximum absolute atomic E-state index is 11.9. The molecular formula is C15H16N2O3. The number of benzene rings is 1. The third-order valence-corrected chi connectivity index (χ3v) is 4.05. The van der Waals surface area contributed by atoms with Crippen LogP contribution in [0.15, 0.2) is 41.5 Å². The average Bonchev–Trinajstić information content (AvgIpc) is 3.11. The maximum atomic E-state index is 11.9. The zero-order chi connectivity index (χ0) is 14.3. The first-order valence-electron chi connectivity index (χ1n) is 6.59. The number of hydrogen-bond donors (Lipinski definition) is 1. The van der Waals surface area contributed by atoms with E-state index < -0.39 is 5.97 Å². The van der Waals surface area contributed by atoms with Gasteiger partial charge in [-0.05, 0) is 30.5 Å². The van der Waals surface area contributed by atoms with Crippen LogP contribution in [0, 0.1) is 0 Å². The summed E-state index contributed by atoms with van der Waals surface area (Å²) in [5.74, 6) is -0.758. The van der Waals surface area contributed by atoms with Crippen LogP contribution >= 0.6 is 0 Å². The molecule has 0 amide bonds. The zero-order valence-electron chi connectivity index (χ0n) is 11.2. The van der Waals surface area contributed by atoms with Gasteiger partial charge in [-0.15, -0.1) is 0 Å². The monoisotopic (exact) mass is 272 g/mol. The van der Waals surface area contributed by atoms with Crippen LogP contribution in [0.3, 0.4) is 0 Å². The van der Waals surface area contributed by atoms with Crippen molar-refractivity contribution in [1.82, 2.24) is 9.13 Å². The normalized spacial score (nSPS) is 16.1. The van der Waals surface area contributed by atoms with Gasteiger partial charge in [-0.25, -0.2) is 4.79 Å². The van der Waals surface area contributed by atoms with Crippen LogP contribution in [-0.4, -0.2) is 20.2 Å². The van der Waals surface area contributed by atoms with E-state index in [2.05, 4.69) is 0 Å². The van der Waals surface area contributed by atoms with Crippen LogP contribution in [-0.2, 0) is 17.3 Å². The van der Waals surface area contributed by atoms with Gasteiger partial charge in [0.05, 0.1) is 12.1 Å². The molecule has 1 aromatic carbocycles. The number of aliphatic carboxylic acids is 1. The van der Waals surface area contributed by atoms with E-state index in [4.69, 9.17) is 5.11 Å². The third kappa shape index (κ3) is 2.05. The van der Waals surface area contributed by atoms with Crippen molar-refractivity contribution >= 4 is 5.97 Å². The van der Waals surface area contributed by atoms with E-state index in [0.29, 0.717) is 0 Å². The first-order valence-corrected chi connectivity index (χ1v) is 6.59. The van der Waals surface area contributed by atoms with E-state index in [9.17, 15) is 9.59 Å². The number of hydrogen-bond acceptors (Lipinski definition) is 2. The Morgan fingerprint density at radius 1 is 1.25 bits per heavy atom. The molecule has 104 valence electrons. The SMILES string of the molecule is Cn1ccn(-c2ccc(C3(CC(=O)O)CC3)cc2)c1=O. The largest absolute Gasteiger partial charge is 0.481 e. The molecule has 5 nitrogen and oxygen atoms in total. The Labute approximate surface area is 116 Å². The molecular weight excluding hydrogens is 256 g/mol. The summed E-state index contributed by atoms with van der Waals surface area (Å²) in [6.45, 7) is 0. The molecule has 1 fully saturated rings. The van der Waals surface area contributed by atoms with E-state index >= 15 is 0 Å². The Balaban J connectivity index is 1.91. The number of carbonyl (C=O) groups is 1. The molecule has 0 aliphatic heterocycles. The molecule has 1 aliphatic carbocycles. The Kier molecular flexibility index (Phi) is 2.78. The maximum Gasteiger partial charge on any atom is 0.332 e. The number of aryl methyl sites for hydroxylation is 1. The first-order chi connectivity index (χ1) is 9.52. The number of carboxylic acids is 1. The molecule has 0 radical (unpaired) electrons. The Bertz CT molecular complexity index is 705. The van der Waals surface area contributed by atoms with Crippen LogP contribution < -0.4 is 5.69 Å². The fraction of sp³-hybridized carbons (Fsp3) is 0.333. The lowest BCUT2D eigenvalue weighted by Gasteiger charge is -2.13. The fourth-order valence-electron chi connectivity index (χ4n) is 2.64. The van der Waals surface area contributed by atoms with Crippen molar-refractivity contribution in [2.45, 2.75) is 24.7 Å². The van der Waals surface area contributed by atoms with Gasteiger partial charge in [-0.2, -0.15) is 0 Å². The summed E-state index contributed by atoms with van der Waals surface area (Å²) in [5.41, 5.74) is 1.56. The highest BCUT2D eigenvalue weighted by atomic mass is 16.4. The average molecular weight is 272 g/mol. The minimum absolute atomic E-state index is 0.0931. The number of nitrogens with zero attached hydrogens (tertiary/aromatic N) is 2. The van der Waals surface area contributed by atoms with E-state index in [0.717, 1.165) is 24.1 Å². The molecule has 1 N–H and O–H groups in total. The summed E-state index contributed by atoms with van der Waals surface area (Å²) in [5, 5.41) is 8.97. The predicted molar refractivity (Wildman–Crippen MR) is 74.2 cm³/mol. The van der Waals surface area contributed by atoms with Crippen molar-refractivity contribution in [3.05, 3.63) is 52.7 Å². The molecule has 3 rings (SSSR count). The van der Waals surface area contributed by atoms with Gasteiger partial charge in [0, 0.05) is 24.9 Å². The lowest BCUT2D eigenvalue weighted by molar-refractivity contribution is -0.137. The van der Waals surface area contributed by atoms with Crippen LogP contribution in [0.1, 0.15) is 24.8 Å². The van der Waals surface area contributed by atoms with Crippen molar-refractivity contribution in [3.8, 4) is 5.69 Å². The fourth-order valence-corrected chi connectivity index (χ4v) is 2.64. The molecule has 2 aromatic rings. The third-order valence-electron chi connectivity index (χ3n) is 4.05. The quantitative estimate of drug-likeness (QED) is 0.921. The van der Waals surface area contributed by atoms with Crippen molar-refractivity contribution in [2.24, 2.45) is 7.05 Å². The number of rotatable bonds is 4. The smallest absolute Gasteiger partial charge is 0.332 e. The van der Waals surface area contributed by atoms with E-state index in [1.54, 1.807) is 24.0 Å². The minimum atomic E-state index is -0.758. The van der Waals surface area contributed by atoms with Gasteiger partial charge in [-0.1, -0.05) is 12.1 Å². The van der Waals surface area contributed by atoms with E-state index in [1.807, 2.05) is 24.3 Å². The van der Waals surface area contributed by atoms with E-state index in [-0.39, 0.29) is 17.5 Å². The van der Waals surface area contributed by atoms with Crippen molar-refractivity contribution in [3.63, 3.8) is 0 Å². The van der Waals surface area contributed by atoms with Gasteiger partial charge < -0.3 is 9.67 Å². The summed E-state index contributed by atoms with van der Waals surface area (Å²) in [4.78, 5) is 22.8. The lowest BCUT2D eigenvalue weighted by atomic mass is 9.92. The van der Waals surface area contributed by atoms with Gasteiger partial charge in [0.25, 0.3) is 0 Å². The molecule has 0 saturated heterocycles. The highest BCUT2D eigenvalue weighted by Gasteiger charge is 2.45. The second-order valence-electron chi connectivity index (χ2n) is 5.46. The second-order valence-corrected chi connectivity index (χ2v) is 5.46. The molecule has 20 heavy (non-hydrogen) atoms. The number of imidazole rings is 1. The Morgan fingerprint density at radius 2 is 1.90 bits per heavy atom. The predicted octanol–water partition coefficient (Wildman–Crippen LogP) is 1.68. The molecule has 1 saturated carbocycles. The number of carboxylic acid groups (broad SMARTS) is 1. The summed E-state index contributed by atoms with van der Waals surface area (Å²) >= 11 is 0.